The normalized spacial score (nSPS) is 16.6. The Morgan fingerprint density at radius 1 is 1.28 bits per heavy atom. The van der Waals surface area contributed by atoms with E-state index in [0.717, 1.165) is 30.0 Å². The predicted molar refractivity (Wildman–Crippen MR) is 105 cm³/mol. The van der Waals surface area contributed by atoms with E-state index in [1.165, 1.54) is 6.26 Å². The van der Waals surface area contributed by atoms with Crippen LogP contribution in [0.5, 0.6) is 0 Å². The molecule has 1 aliphatic rings. The van der Waals surface area contributed by atoms with Crippen molar-refractivity contribution in [1.82, 2.24) is 24.8 Å². The van der Waals surface area contributed by atoms with Gasteiger partial charge in [-0.2, -0.15) is 0 Å². The Hall–Kier alpha value is -3.42. The Labute approximate surface area is 168 Å². The smallest absolute Gasteiger partial charge is 0.289 e. The maximum atomic E-state index is 12.7. The molecule has 29 heavy (non-hydrogen) atoms. The first kappa shape index (κ1) is 18.9. The van der Waals surface area contributed by atoms with E-state index in [0.29, 0.717) is 25.4 Å². The van der Waals surface area contributed by atoms with Crippen LogP contribution < -0.4 is 5.32 Å². The van der Waals surface area contributed by atoms with Crippen molar-refractivity contribution in [3.8, 4) is 5.82 Å². The van der Waals surface area contributed by atoms with Crippen LogP contribution in [0, 0.1) is 12.8 Å². The topological polar surface area (TPSA) is 93.3 Å². The van der Waals surface area contributed by atoms with E-state index in [4.69, 9.17) is 4.42 Å². The first-order valence-corrected chi connectivity index (χ1v) is 9.67. The molecule has 1 atom stereocenters. The van der Waals surface area contributed by atoms with Crippen LogP contribution in [0.25, 0.3) is 5.82 Å². The number of amides is 2. The first-order chi connectivity index (χ1) is 14.1. The van der Waals surface area contributed by atoms with Crippen molar-refractivity contribution in [2.75, 3.05) is 13.1 Å². The van der Waals surface area contributed by atoms with Crippen LogP contribution in [-0.2, 0) is 11.3 Å². The fourth-order valence-corrected chi connectivity index (χ4v) is 3.59. The Kier molecular flexibility index (Phi) is 5.41. The second kappa shape index (κ2) is 8.30. The number of pyridine rings is 1. The van der Waals surface area contributed by atoms with Gasteiger partial charge in [-0.1, -0.05) is 0 Å². The standard InChI is InChI=1S/C21H23N5O3/c1-15-22-8-10-26(15)19-12-16(6-7-23-19)13-24-20(27)17-4-2-9-25(14-17)21(28)18-5-3-11-29-18/h3,5-8,10-12,17H,2,4,9,13-14H2,1H3,(H,24,27)/t17-/m0/s1. The highest BCUT2D eigenvalue weighted by Gasteiger charge is 2.29. The number of nitrogens with zero attached hydrogens (tertiary/aromatic N) is 4. The zero-order valence-electron chi connectivity index (χ0n) is 16.2. The summed E-state index contributed by atoms with van der Waals surface area (Å²) < 4.78 is 7.09. The molecule has 0 spiro atoms. The largest absolute Gasteiger partial charge is 0.459 e. The van der Waals surface area contributed by atoms with E-state index in [-0.39, 0.29) is 17.7 Å². The molecular weight excluding hydrogens is 370 g/mol. The molecule has 4 rings (SSSR count). The number of aromatic nitrogens is 3. The zero-order valence-corrected chi connectivity index (χ0v) is 16.2. The third-order valence-electron chi connectivity index (χ3n) is 5.16. The summed E-state index contributed by atoms with van der Waals surface area (Å²) in [5.41, 5.74) is 0.954. The van der Waals surface area contributed by atoms with Crippen LogP contribution in [-0.4, -0.2) is 44.3 Å². The Balaban J connectivity index is 1.36. The summed E-state index contributed by atoms with van der Waals surface area (Å²) in [7, 11) is 0. The van der Waals surface area contributed by atoms with Gasteiger partial charge in [0.2, 0.25) is 5.91 Å². The number of imidazole rings is 1. The van der Waals surface area contributed by atoms with Crippen LogP contribution in [0.1, 0.15) is 34.8 Å². The average Bonchev–Trinajstić information content (AvgIpc) is 3.44. The van der Waals surface area contributed by atoms with Gasteiger partial charge in [0.05, 0.1) is 12.2 Å². The molecule has 1 N–H and O–H groups in total. The van der Waals surface area contributed by atoms with E-state index in [1.807, 2.05) is 29.8 Å². The summed E-state index contributed by atoms with van der Waals surface area (Å²) in [4.78, 5) is 35.4. The lowest BCUT2D eigenvalue weighted by molar-refractivity contribution is -0.126. The maximum absolute atomic E-state index is 12.7. The predicted octanol–water partition coefficient (Wildman–Crippen LogP) is 2.34. The molecule has 0 unspecified atom stereocenters. The van der Waals surface area contributed by atoms with Gasteiger partial charge >= 0.3 is 0 Å². The number of furan rings is 1. The highest BCUT2D eigenvalue weighted by molar-refractivity contribution is 5.92. The van der Waals surface area contributed by atoms with Gasteiger partial charge in [0.1, 0.15) is 11.6 Å². The number of carbonyl (C=O) groups is 2. The van der Waals surface area contributed by atoms with Crippen molar-refractivity contribution in [3.05, 3.63) is 66.3 Å². The molecule has 0 radical (unpaired) electrons. The van der Waals surface area contributed by atoms with Crippen LogP contribution in [0.15, 0.2) is 53.5 Å². The van der Waals surface area contributed by atoms with E-state index >= 15 is 0 Å². The van der Waals surface area contributed by atoms with Gasteiger partial charge in [0.25, 0.3) is 5.91 Å². The van der Waals surface area contributed by atoms with Crippen LogP contribution in [0.4, 0.5) is 0 Å². The lowest BCUT2D eigenvalue weighted by Gasteiger charge is -2.31. The maximum Gasteiger partial charge on any atom is 0.289 e. The van der Waals surface area contributed by atoms with Gasteiger partial charge in [-0.25, -0.2) is 9.97 Å². The number of rotatable bonds is 5. The Morgan fingerprint density at radius 2 is 2.17 bits per heavy atom. The molecule has 0 aliphatic carbocycles. The fourth-order valence-electron chi connectivity index (χ4n) is 3.59. The molecule has 1 aliphatic heterocycles. The van der Waals surface area contributed by atoms with Crippen molar-refractivity contribution in [2.24, 2.45) is 5.92 Å². The minimum absolute atomic E-state index is 0.0425. The van der Waals surface area contributed by atoms with E-state index in [1.54, 1.807) is 29.4 Å². The number of piperidine rings is 1. The molecule has 2 amide bonds. The van der Waals surface area contributed by atoms with Gasteiger partial charge in [-0.05, 0) is 49.6 Å². The van der Waals surface area contributed by atoms with Gasteiger partial charge in [-0.3, -0.25) is 14.2 Å². The van der Waals surface area contributed by atoms with Crippen molar-refractivity contribution in [2.45, 2.75) is 26.3 Å². The van der Waals surface area contributed by atoms with E-state index in [9.17, 15) is 9.59 Å². The second-order valence-electron chi connectivity index (χ2n) is 7.15. The summed E-state index contributed by atoms with van der Waals surface area (Å²) in [6, 6.07) is 7.15. The molecule has 150 valence electrons. The van der Waals surface area contributed by atoms with Crippen molar-refractivity contribution >= 4 is 11.8 Å². The van der Waals surface area contributed by atoms with Crippen molar-refractivity contribution in [3.63, 3.8) is 0 Å². The molecule has 8 heteroatoms. The minimum atomic E-state index is -0.222. The van der Waals surface area contributed by atoms with E-state index < -0.39 is 0 Å². The molecular formula is C21H23N5O3. The highest BCUT2D eigenvalue weighted by atomic mass is 16.3. The molecule has 3 aromatic heterocycles. The van der Waals surface area contributed by atoms with Gasteiger partial charge in [0.15, 0.2) is 5.76 Å². The quantitative estimate of drug-likeness (QED) is 0.718. The second-order valence-corrected chi connectivity index (χ2v) is 7.15. The molecule has 1 fully saturated rings. The van der Waals surface area contributed by atoms with E-state index in [2.05, 4.69) is 15.3 Å². The number of hydrogen-bond donors (Lipinski definition) is 1. The summed E-state index contributed by atoms with van der Waals surface area (Å²) in [6.45, 7) is 3.36. The number of hydrogen-bond acceptors (Lipinski definition) is 5. The lowest BCUT2D eigenvalue weighted by Crippen LogP contribution is -2.45. The molecule has 0 saturated carbocycles. The first-order valence-electron chi connectivity index (χ1n) is 9.67. The SMILES string of the molecule is Cc1nccn1-c1cc(CNC(=O)[C@H]2CCCN(C(=O)c3ccco3)C2)ccn1. The third-order valence-corrected chi connectivity index (χ3v) is 5.16. The van der Waals surface area contributed by atoms with Gasteiger partial charge in [-0.15, -0.1) is 0 Å². The van der Waals surface area contributed by atoms with Gasteiger partial charge in [0, 0.05) is 38.2 Å². The summed E-state index contributed by atoms with van der Waals surface area (Å²) in [5.74, 6) is 1.49. The molecule has 8 nitrogen and oxygen atoms in total. The van der Waals surface area contributed by atoms with Crippen LogP contribution >= 0.6 is 0 Å². The number of likely N-dealkylation sites (tertiary alicyclic amines) is 1. The van der Waals surface area contributed by atoms with Crippen molar-refractivity contribution in [1.29, 1.82) is 0 Å². The van der Waals surface area contributed by atoms with Gasteiger partial charge < -0.3 is 14.6 Å². The monoisotopic (exact) mass is 393 g/mol. The van der Waals surface area contributed by atoms with Crippen LogP contribution in [0.3, 0.4) is 0 Å². The molecule has 3 aromatic rings. The minimum Gasteiger partial charge on any atom is -0.459 e. The number of aryl methyl sites for hydroxylation is 1. The summed E-state index contributed by atoms with van der Waals surface area (Å²) >= 11 is 0. The van der Waals surface area contributed by atoms with Crippen molar-refractivity contribution < 1.29 is 14.0 Å². The molecule has 1 saturated heterocycles. The zero-order chi connectivity index (χ0) is 20.2. The number of nitrogens with one attached hydrogen (secondary N) is 1. The third kappa shape index (κ3) is 4.21. The summed E-state index contributed by atoms with van der Waals surface area (Å²) in [6.07, 6.45) is 8.35. The average molecular weight is 393 g/mol. The highest BCUT2D eigenvalue weighted by Crippen LogP contribution is 2.19. The molecule has 0 aromatic carbocycles. The summed E-state index contributed by atoms with van der Waals surface area (Å²) in [5, 5.41) is 3.00. The Bertz CT molecular complexity index is 995. The molecule has 0 bridgehead atoms. The Morgan fingerprint density at radius 3 is 2.93 bits per heavy atom. The fraction of sp³-hybridized carbons (Fsp3) is 0.333. The van der Waals surface area contributed by atoms with Crippen LogP contribution in [0.2, 0.25) is 0 Å². The lowest BCUT2D eigenvalue weighted by atomic mass is 9.97. The molecule has 4 heterocycles. The number of carbonyl (C=O) groups excluding carboxylic acids is 2.